The first-order valence-corrected chi connectivity index (χ1v) is 10.3. The lowest BCUT2D eigenvalue weighted by molar-refractivity contribution is 0.0515. The Hall–Kier alpha value is -3.17. The summed E-state index contributed by atoms with van der Waals surface area (Å²) in [6.45, 7) is 9.57. The van der Waals surface area contributed by atoms with Gasteiger partial charge in [0.2, 0.25) is 5.69 Å². The second-order valence-electron chi connectivity index (χ2n) is 6.17. The van der Waals surface area contributed by atoms with Crippen molar-refractivity contribution in [2.24, 2.45) is 7.05 Å². The van der Waals surface area contributed by atoms with Gasteiger partial charge in [0.15, 0.2) is 0 Å². The number of esters is 1. The maximum Gasteiger partial charge on any atom is 0.354 e. The van der Waals surface area contributed by atoms with Crippen molar-refractivity contribution in [1.29, 1.82) is 0 Å². The normalized spacial score (nSPS) is 11.6. The van der Waals surface area contributed by atoms with Gasteiger partial charge in [-0.2, -0.15) is 0 Å². The summed E-state index contributed by atoms with van der Waals surface area (Å²) in [4.78, 5) is 16.2. The molecule has 0 saturated heterocycles. The molecule has 5 nitrogen and oxygen atoms in total. The fourth-order valence-corrected chi connectivity index (χ4v) is 4.15. The molecule has 0 spiro atoms. The number of nitrogens with zero attached hydrogens (tertiary/aromatic N) is 2. The Balaban J connectivity index is 2.20. The fourth-order valence-electron chi connectivity index (χ4n) is 3.25. The summed E-state index contributed by atoms with van der Waals surface area (Å²) in [5.74, 6) is -0.534. The molecule has 1 heterocycles. The Morgan fingerprint density at radius 1 is 1.07 bits per heavy atom. The minimum absolute atomic E-state index is 0.217. The number of carbonyl (C=O) groups is 1. The topological polar surface area (TPSA) is 52.7 Å². The molecule has 0 amide bonds. The van der Waals surface area contributed by atoms with Gasteiger partial charge < -0.3 is 9.30 Å². The Morgan fingerprint density at radius 3 is 2.18 bits per heavy atom. The molecule has 2 aromatic carbocycles. The zero-order valence-electron chi connectivity index (χ0n) is 15.9. The van der Waals surface area contributed by atoms with Crippen LogP contribution in [0, 0.1) is 6.57 Å². The maximum atomic E-state index is 12.6. The lowest BCUT2D eigenvalue weighted by atomic mass is 9.99. The van der Waals surface area contributed by atoms with Gasteiger partial charge >= 0.3 is 5.97 Å². The van der Waals surface area contributed by atoms with Crippen molar-refractivity contribution >= 4 is 22.5 Å². The SMILES string of the molecule is [C-]#[N+]c1c(-c2ccc(-c3ccccc3)cc2)c(C(=O)OCC)n(C)c1S(C)=O. The van der Waals surface area contributed by atoms with Gasteiger partial charge in [0.25, 0.3) is 0 Å². The molecule has 6 heteroatoms. The third-order valence-electron chi connectivity index (χ3n) is 4.45. The van der Waals surface area contributed by atoms with Crippen molar-refractivity contribution in [2.75, 3.05) is 12.9 Å². The zero-order chi connectivity index (χ0) is 20.3. The van der Waals surface area contributed by atoms with E-state index in [0.29, 0.717) is 16.2 Å². The van der Waals surface area contributed by atoms with E-state index in [4.69, 9.17) is 11.3 Å². The van der Waals surface area contributed by atoms with E-state index in [2.05, 4.69) is 4.85 Å². The molecule has 3 aromatic rings. The van der Waals surface area contributed by atoms with E-state index >= 15 is 0 Å². The average molecular weight is 392 g/mol. The second-order valence-corrected chi connectivity index (χ2v) is 7.46. The number of ether oxygens (including phenoxy) is 1. The van der Waals surface area contributed by atoms with Crippen molar-refractivity contribution in [1.82, 2.24) is 4.57 Å². The Labute approximate surface area is 166 Å². The summed E-state index contributed by atoms with van der Waals surface area (Å²) in [7, 11) is 0.210. The second kappa shape index (κ2) is 8.24. The maximum absolute atomic E-state index is 12.6. The molecule has 1 unspecified atom stereocenters. The van der Waals surface area contributed by atoms with Crippen LogP contribution in [-0.4, -0.2) is 27.6 Å². The number of benzene rings is 2. The van der Waals surface area contributed by atoms with Gasteiger partial charge in [-0.25, -0.2) is 9.64 Å². The molecule has 0 saturated carbocycles. The van der Waals surface area contributed by atoms with Crippen molar-refractivity contribution in [3.05, 3.63) is 71.7 Å². The predicted octanol–water partition coefficient (Wildman–Crippen LogP) is 4.82. The van der Waals surface area contributed by atoms with Gasteiger partial charge in [-0.3, -0.25) is 4.21 Å². The molecule has 142 valence electrons. The minimum atomic E-state index is -1.43. The monoisotopic (exact) mass is 392 g/mol. The Bertz CT molecular complexity index is 1080. The molecule has 0 N–H and O–H groups in total. The van der Waals surface area contributed by atoms with Gasteiger partial charge in [-0.05, 0) is 23.6 Å². The molecule has 0 aliphatic carbocycles. The van der Waals surface area contributed by atoms with E-state index in [1.807, 2.05) is 54.6 Å². The summed E-state index contributed by atoms with van der Waals surface area (Å²) < 4.78 is 19.0. The van der Waals surface area contributed by atoms with E-state index in [-0.39, 0.29) is 18.0 Å². The molecule has 28 heavy (non-hydrogen) atoms. The molecule has 0 bridgehead atoms. The highest BCUT2D eigenvalue weighted by atomic mass is 32.2. The van der Waals surface area contributed by atoms with Crippen LogP contribution < -0.4 is 0 Å². The largest absolute Gasteiger partial charge is 0.461 e. The number of aromatic nitrogens is 1. The third kappa shape index (κ3) is 3.49. The van der Waals surface area contributed by atoms with Crippen molar-refractivity contribution in [2.45, 2.75) is 11.9 Å². The van der Waals surface area contributed by atoms with Gasteiger partial charge in [0.05, 0.1) is 24.0 Å². The number of rotatable bonds is 5. The van der Waals surface area contributed by atoms with Crippen LogP contribution in [0.2, 0.25) is 0 Å². The van der Waals surface area contributed by atoms with E-state index in [0.717, 1.165) is 11.1 Å². The number of hydrogen-bond acceptors (Lipinski definition) is 3. The molecule has 0 aliphatic rings. The van der Waals surface area contributed by atoms with Gasteiger partial charge in [0.1, 0.15) is 10.7 Å². The first kappa shape index (κ1) is 19.6. The van der Waals surface area contributed by atoms with Gasteiger partial charge in [-0.1, -0.05) is 54.6 Å². The van der Waals surface area contributed by atoms with Crippen LogP contribution in [0.25, 0.3) is 27.1 Å². The lowest BCUT2D eigenvalue weighted by Gasteiger charge is -2.09. The highest BCUT2D eigenvalue weighted by Crippen LogP contribution is 2.41. The molecule has 1 atom stereocenters. The molecule has 0 fully saturated rings. The summed E-state index contributed by atoms with van der Waals surface area (Å²) in [5.41, 5.74) is 3.74. The van der Waals surface area contributed by atoms with Crippen LogP contribution in [-0.2, 0) is 22.6 Å². The van der Waals surface area contributed by atoms with Crippen LogP contribution in [0.15, 0.2) is 59.6 Å². The Kier molecular flexibility index (Phi) is 5.76. The first-order valence-electron chi connectivity index (χ1n) is 8.76. The quantitative estimate of drug-likeness (QED) is 0.462. The van der Waals surface area contributed by atoms with Crippen LogP contribution in [0.3, 0.4) is 0 Å². The van der Waals surface area contributed by atoms with E-state index in [1.165, 1.54) is 10.8 Å². The Morgan fingerprint density at radius 2 is 1.64 bits per heavy atom. The first-order chi connectivity index (χ1) is 13.5. The number of hydrogen-bond donors (Lipinski definition) is 0. The predicted molar refractivity (Wildman–Crippen MR) is 111 cm³/mol. The molecule has 1 aromatic heterocycles. The smallest absolute Gasteiger partial charge is 0.354 e. The van der Waals surface area contributed by atoms with E-state index < -0.39 is 16.8 Å². The minimum Gasteiger partial charge on any atom is -0.461 e. The summed E-state index contributed by atoms with van der Waals surface area (Å²) in [6, 6.07) is 17.6. The third-order valence-corrected chi connectivity index (χ3v) is 5.46. The van der Waals surface area contributed by atoms with E-state index in [9.17, 15) is 9.00 Å². The molecular formula is C22H20N2O3S. The van der Waals surface area contributed by atoms with Crippen molar-refractivity contribution in [3.63, 3.8) is 0 Å². The molecule has 3 rings (SSSR count). The standard InChI is InChI=1S/C22H20N2O3S/c1-5-27-22(25)20-18(19(23-2)21(24(20)3)28(4)26)17-13-11-16(12-14-17)15-9-7-6-8-10-15/h6-14H,5H2,1,3-4H3. The summed E-state index contributed by atoms with van der Waals surface area (Å²) >= 11 is 0. The van der Waals surface area contributed by atoms with Crippen LogP contribution >= 0.6 is 0 Å². The van der Waals surface area contributed by atoms with Crippen LogP contribution in [0.4, 0.5) is 5.69 Å². The highest BCUT2D eigenvalue weighted by molar-refractivity contribution is 7.84. The highest BCUT2D eigenvalue weighted by Gasteiger charge is 2.29. The average Bonchev–Trinajstić information content (AvgIpc) is 3.01. The lowest BCUT2D eigenvalue weighted by Crippen LogP contribution is -2.12. The van der Waals surface area contributed by atoms with Gasteiger partial charge in [0, 0.05) is 18.9 Å². The summed E-state index contributed by atoms with van der Waals surface area (Å²) in [5, 5.41) is 0.320. The molecular weight excluding hydrogens is 372 g/mol. The van der Waals surface area contributed by atoms with Crippen molar-refractivity contribution < 1.29 is 13.7 Å². The summed E-state index contributed by atoms with van der Waals surface area (Å²) in [6.07, 6.45) is 1.50. The van der Waals surface area contributed by atoms with Crippen LogP contribution in [0.1, 0.15) is 17.4 Å². The molecule has 0 radical (unpaired) electrons. The van der Waals surface area contributed by atoms with Crippen LogP contribution in [0.5, 0.6) is 0 Å². The van der Waals surface area contributed by atoms with E-state index in [1.54, 1.807) is 14.0 Å². The molecule has 0 aliphatic heterocycles. The fraction of sp³-hybridized carbons (Fsp3) is 0.182. The van der Waals surface area contributed by atoms with Gasteiger partial charge in [-0.15, -0.1) is 0 Å². The number of carbonyl (C=O) groups excluding carboxylic acids is 1. The van der Waals surface area contributed by atoms with Crippen molar-refractivity contribution in [3.8, 4) is 22.3 Å². The zero-order valence-corrected chi connectivity index (χ0v) is 16.7.